The predicted octanol–water partition coefficient (Wildman–Crippen LogP) is 4.11. The summed E-state index contributed by atoms with van der Waals surface area (Å²) in [6, 6.07) is 11.8. The lowest BCUT2D eigenvalue weighted by molar-refractivity contribution is -0.116. The number of nitrogens with one attached hydrogen (secondary N) is 2. The maximum absolute atomic E-state index is 12.8. The normalized spacial score (nSPS) is 17.9. The quantitative estimate of drug-likeness (QED) is 0.486. The smallest absolute Gasteiger partial charge is 0.243 e. The molecule has 0 unspecified atom stereocenters. The molecule has 2 N–H and O–H groups in total. The molecule has 1 aromatic heterocycles. The number of furan rings is 1. The predicted molar refractivity (Wildman–Crippen MR) is 141 cm³/mol. The topological polar surface area (TPSA) is 133 Å². The summed E-state index contributed by atoms with van der Waals surface area (Å²) < 4.78 is 32.6. The van der Waals surface area contributed by atoms with Gasteiger partial charge in [0.25, 0.3) is 0 Å². The lowest BCUT2D eigenvalue weighted by Crippen LogP contribution is -2.31. The van der Waals surface area contributed by atoms with Gasteiger partial charge in [-0.15, -0.1) is 0 Å². The molecule has 1 aliphatic carbocycles. The van der Waals surface area contributed by atoms with Crippen LogP contribution in [0.1, 0.15) is 44.8 Å². The number of anilines is 1. The minimum atomic E-state index is -3.66. The average Bonchev–Trinajstić information content (AvgIpc) is 3.42. The number of hydrogen-bond donors (Lipinski definition) is 2. The second kappa shape index (κ2) is 11.4. The highest BCUT2D eigenvalue weighted by molar-refractivity contribution is 8.03. The first kappa shape index (κ1) is 26.7. The van der Waals surface area contributed by atoms with E-state index in [1.807, 2.05) is 0 Å². The lowest BCUT2D eigenvalue weighted by atomic mass is 9.79. The Morgan fingerprint density at radius 2 is 2.03 bits per heavy atom. The molecule has 11 heteroatoms. The molecule has 0 saturated heterocycles. The number of rotatable bonds is 9. The molecular formula is C26H28N4O5S2. The molecule has 4 rings (SSSR count). The number of sulfonamides is 1. The van der Waals surface area contributed by atoms with E-state index >= 15 is 0 Å². The highest BCUT2D eigenvalue weighted by atomic mass is 32.2. The van der Waals surface area contributed by atoms with Crippen LogP contribution < -0.4 is 10.6 Å². The third kappa shape index (κ3) is 5.51. The molecule has 37 heavy (non-hydrogen) atoms. The summed E-state index contributed by atoms with van der Waals surface area (Å²) in [6.45, 7) is 4.23. The summed E-state index contributed by atoms with van der Waals surface area (Å²) >= 11 is 1.16. The van der Waals surface area contributed by atoms with Crippen LogP contribution in [-0.4, -0.2) is 43.3 Å². The second-order valence-electron chi connectivity index (χ2n) is 8.55. The number of thioether (sulfide) groups is 1. The maximum Gasteiger partial charge on any atom is 0.243 e. The van der Waals surface area contributed by atoms with Gasteiger partial charge in [-0.25, -0.2) is 8.42 Å². The number of nitrogens with zero attached hydrogens (tertiary/aromatic N) is 2. The van der Waals surface area contributed by atoms with Crippen LogP contribution in [0.5, 0.6) is 0 Å². The van der Waals surface area contributed by atoms with Crippen molar-refractivity contribution < 1.29 is 22.4 Å². The minimum Gasteiger partial charge on any atom is -0.468 e. The van der Waals surface area contributed by atoms with Crippen LogP contribution in [0.3, 0.4) is 0 Å². The molecule has 1 aromatic carbocycles. The van der Waals surface area contributed by atoms with Gasteiger partial charge in [-0.05, 0) is 43.2 Å². The summed E-state index contributed by atoms with van der Waals surface area (Å²) in [5.74, 6) is -0.500. The van der Waals surface area contributed by atoms with E-state index in [0.717, 1.165) is 17.5 Å². The van der Waals surface area contributed by atoms with Gasteiger partial charge in [0.15, 0.2) is 5.78 Å². The first-order chi connectivity index (χ1) is 17.8. The maximum atomic E-state index is 12.8. The highest BCUT2D eigenvalue weighted by Gasteiger charge is 2.38. The average molecular weight is 541 g/mol. The fourth-order valence-electron chi connectivity index (χ4n) is 4.56. The molecular weight excluding hydrogens is 512 g/mol. The summed E-state index contributed by atoms with van der Waals surface area (Å²) in [6.07, 6.45) is 3.31. The van der Waals surface area contributed by atoms with Crippen LogP contribution in [0.25, 0.3) is 0 Å². The van der Waals surface area contributed by atoms with Crippen molar-refractivity contribution in [2.75, 3.05) is 24.2 Å². The van der Waals surface area contributed by atoms with Gasteiger partial charge in [0.05, 0.1) is 39.5 Å². The Morgan fingerprint density at radius 3 is 2.70 bits per heavy atom. The summed E-state index contributed by atoms with van der Waals surface area (Å²) in [4.78, 5) is 25.7. The standard InChI is InChI=1S/C26H28N4O5S2/c1-3-30(4-2)37(33,34)18-9-5-8-17(14-18)28-23(32)16-36-26-19(15-27)24(22-12-7-13-35-22)25-20(29-26)10-6-11-21(25)31/h5,7-9,12-14,24,29H,3-4,6,10-11,16H2,1-2H3,(H,28,32)/t24-/m1/s1. The molecule has 0 saturated carbocycles. The summed E-state index contributed by atoms with van der Waals surface area (Å²) in [5.41, 5.74) is 2.00. The number of ketones is 1. The van der Waals surface area contributed by atoms with Crippen molar-refractivity contribution in [3.8, 4) is 6.07 Å². The molecule has 2 heterocycles. The molecule has 0 fully saturated rings. The molecule has 0 radical (unpaired) electrons. The molecule has 2 aliphatic rings. The fourth-order valence-corrected chi connectivity index (χ4v) is 6.93. The van der Waals surface area contributed by atoms with Gasteiger partial charge in [-0.2, -0.15) is 9.57 Å². The van der Waals surface area contributed by atoms with E-state index in [1.54, 1.807) is 38.1 Å². The van der Waals surface area contributed by atoms with Crippen LogP contribution in [0.15, 0.2) is 73.8 Å². The van der Waals surface area contributed by atoms with Gasteiger partial charge < -0.3 is 15.1 Å². The zero-order valence-corrected chi connectivity index (χ0v) is 22.2. The van der Waals surface area contributed by atoms with Crippen molar-refractivity contribution in [1.82, 2.24) is 9.62 Å². The largest absolute Gasteiger partial charge is 0.468 e. The van der Waals surface area contributed by atoms with E-state index in [2.05, 4.69) is 16.7 Å². The molecule has 0 bridgehead atoms. The van der Waals surface area contributed by atoms with Gasteiger partial charge >= 0.3 is 0 Å². The van der Waals surface area contributed by atoms with E-state index in [9.17, 15) is 23.3 Å². The number of Topliss-reactive ketones (excluding diaryl/α,β-unsaturated/α-hetero) is 1. The highest BCUT2D eigenvalue weighted by Crippen LogP contribution is 2.44. The van der Waals surface area contributed by atoms with Crippen molar-refractivity contribution in [1.29, 1.82) is 5.26 Å². The number of allylic oxidation sites excluding steroid dienone is 3. The van der Waals surface area contributed by atoms with Crippen LogP contribution in [-0.2, 0) is 19.6 Å². The first-order valence-corrected chi connectivity index (χ1v) is 14.5. The lowest BCUT2D eigenvalue weighted by Gasteiger charge is -2.32. The first-order valence-electron chi connectivity index (χ1n) is 12.0. The van der Waals surface area contributed by atoms with Crippen LogP contribution in [0.4, 0.5) is 5.69 Å². The SMILES string of the molecule is CCN(CC)S(=O)(=O)c1cccc(NC(=O)CSC2=C(C#N)[C@H](c3ccco3)C3=C(CCCC3=O)N2)c1. The molecule has 2 aromatic rings. The van der Waals surface area contributed by atoms with Gasteiger partial charge in [0, 0.05) is 36.5 Å². The van der Waals surface area contributed by atoms with Crippen molar-refractivity contribution in [3.63, 3.8) is 0 Å². The minimum absolute atomic E-state index is 0.00996. The number of amides is 1. The Balaban J connectivity index is 1.52. The van der Waals surface area contributed by atoms with E-state index in [1.165, 1.54) is 22.7 Å². The number of carbonyl (C=O) groups excluding carboxylic acids is 2. The summed E-state index contributed by atoms with van der Waals surface area (Å²) in [7, 11) is -3.66. The molecule has 1 amide bonds. The Labute approximate surface area is 220 Å². The van der Waals surface area contributed by atoms with E-state index in [0.29, 0.717) is 60.0 Å². The fraction of sp³-hybridized carbons (Fsp3) is 0.346. The van der Waals surface area contributed by atoms with E-state index in [4.69, 9.17) is 4.42 Å². The van der Waals surface area contributed by atoms with Crippen LogP contribution >= 0.6 is 11.8 Å². The monoisotopic (exact) mass is 540 g/mol. The second-order valence-corrected chi connectivity index (χ2v) is 11.5. The van der Waals surface area contributed by atoms with Gasteiger partial charge in [-0.3, -0.25) is 9.59 Å². The Kier molecular flexibility index (Phi) is 8.22. The van der Waals surface area contributed by atoms with E-state index < -0.39 is 15.9 Å². The number of hydrogen-bond acceptors (Lipinski definition) is 8. The molecule has 9 nitrogen and oxygen atoms in total. The Bertz CT molecular complexity index is 1400. The third-order valence-corrected chi connectivity index (χ3v) is 9.36. The van der Waals surface area contributed by atoms with E-state index in [-0.39, 0.29) is 22.3 Å². The summed E-state index contributed by atoms with van der Waals surface area (Å²) in [5, 5.41) is 16.5. The zero-order chi connectivity index (χ0) is 26.6. The third-order valence-electron chi connectivity index (χ3n) is 6.30. The molecule has 1 atom stereocenters. The van der Waals surface area contributed by atoms with Crippen LogP contribution in [0.2, 0.25) is 0 Å². The van der Waals surface area contributed by atoms with Gasteiger partial charge in [-0.1, -0.05) is 31.7 Å². The van der Waals surface area contributed by atoms with Crippen molar-refractivity contribution in [2.24, 2.45) is 0 Å². The number of carbonyl (C=O) groups is 2. The van der Waals surface area contributed by atoms with Crippen LogP contribution in [0, 0.1) is 11.3 Å². The molecule has 1 aliphatic heterocycles. The molecule has 0 spiro atoms. The number of nitriles is 1. The zero-order valence-electron chi connectivity index (χ0n) is 20.6. The van der Waals surface area contributed by atoms with Gasteiger partial charge in [0.2, 0.25) is 15.9 Å². The number of benzene rings is 1. The Hall–Kier alpha value is -3.33. The van der Waals surface area contributed by atoms with Crippen molar-refractivity contribution in [3.05, 3.63) is 70.3 Å². The van der Waals surface area contributed by atoms with Crippen molar-refractivity contribution in [2.45, 2.75) is 43.9 Å². The number of dihydropyridines is 1. The molecule has 194 valence electrons. The Morgan fingerprint density at radius 1 is 1.24 bits per heavy atom. The van der Waals surface area contributed by atoms with Gasteiger partial charge in [0.1, 0.15) is 5.76 Å². The van der Waals surface area contributed by atoms with Crippen molar-refractivity contribution >= 4 is 39.2 Å².